The van der Waals surface area contributed by atoms with Gasteiger partial charge in [0.2, 0.25) is 5.91 Å². The molecule has 0 heterocycles. The predicted octanol–water partition coefficient (Wildman–Crippen LogP) is 6.96. The number of aryl methyl sites for hydroxylation is 1. The Morgan fingerprint density at radius 2 is 1.69 bits per heavy atom. The van der Waals surface area contributed by atoms with Gasteiger partial charge in [-0.1, -0.05) is 87.4 Å². The molecule has 0 aromatic heterocycles. The third-order valence-corrected chi connectivity index (χ3v) is 8.17. The molecule has 1 aliphatic carbocycles. The molecule has 1 atom stereocenters. The van der Waals surface area contributed by atoms with Crippen molar-refractivity contribution in [2.45, 2.75) is 77.4 Å². The average Bonchev–Trinajstić information content (AvgIpc) is 3.44. The van der Waals surface area contributed by atoms with Crippen LogP contribution >= 0.6 is 15.9 Å². The topological polar surface area (TPSA) is 58.6 Å². The minimum absolute atomic E-state index is 0.102. The summed E-state index contributed by atoms with van der Waals surface area (Å²) in [6.07, 6.45) is 4.65. The van der Waals surface area contributed by atoms with Crippen LogP contribution in [-0.4, -0.2) is 35.4 Å². The third-order valence-electron chi connectivity index (χ3n) is 7.55. The van der Waals surface area contributed by atoms with Crippen molar-refractivity contribution in [3.63, 3.8) is 0 Å². The van der Waals surface area contributed by atoms with Crippen LogP contribution in [-0.2, 0) is 22.6 Å². The van der Waals surface area contributed by atoms with Crippen LogP contribution in [0, 0.1) is 6.92 Å². The second-order valence-corrected chi connectivity index (χ2v) is 11.6. The number of halogens is 1. The summed E-state index contributed by atoms with van der Waals surface area (Å²) >= 11 is 3.60. The number of nitrogens with one attached hydrogen (secondary N) is 1. The van der Waals surface area contributed by atoms with E-state index < -0.39 is 6.04 Å². The van der Waals surface area contributed by atoms with Crippen LogP contribution in [0.2, 0.25) is 0 Å². The summed E-state index contributed by atoms with van der Waals surface area (Å²) in [5, 5.41) is 3.25. The zero-order chi connectivity index (χ0) is 27.8. The Balaban J connectivity index is 1.61. The summed E-state index contributed by atoms with van der Waals surface area (Å²) in [6.45, 7) is 6.48. The fourth-order valence-electron chi connectivity index (χ4n) is 5.11. The van der Waals surface area contributed by atoms with Crippen molar-refractivity contribution in [1.82, 2.24) is 10.2 Å². The van der Waals surface area contributed by atoms with Crippen LogP contribution in [0.4, 0.5) is 0 Å². The van der Waals surface area contributed by atoms with Gasteiger partial charge in [-0.15, -0.1) is 0 Å². The molecule has 2 amide bonds. The second kappa shape index (κ2) is 13.8. The summed E-state index contributed by atoms with van der Waals surface area (Å²) in [4.78, 5) is 29.4. The van der Waals surface area contributed by atoms with Gasteiger partial charge in [-0.2, -0.15) is 0 Å². The van der Waals surface area contributed by atoms with E-state index in [9.17, 15) is 9.59 Å². The van der Waals surface area contributed by atoms with Gasteiger partial charge in [0.05, 0.1) is 4.47 Å². The smallest absolute Gasteiger partial charge is 0.261 e. The van der Waals surface area contributed by atoms with Crippen molar-refractivity contribution in [1.29, 1.82) is 0 Å². The number of ether oxygens (including phenoxy) is 1. The molecular formula is C33H39BrN2O3. The van der Waals surface area contributed by atoms with E-state index >= 15 is 0 Å². The molecule has 0 saturated heterocycles. The van der Waals surface area contributed by atoms with Crippen molar-refractivity contribution in [2.24, 2.45) is 0 Å². The highest BCUT2D eigenvalue weighted by Gasteiger charge is 2.32. The molecule has 1 saturated carbocycles. The molecule has 0 bridgehead atoms. The Labute approximate surface area is 241 Å². The van der Waals surface area contributed by atoms with E-state index in [1.165, 1.54) is 5.56 Å². The molecule has 39 heavy (non-hydrogen) atoms. The fraction of sp³-hybridized carbons (Fsp3) is 0.394. The first-order chi connectivity index (χ1) is 18.8. The Bertz CT molecular complexity index is 1250. The molecule has 0 aliphatic heterocycles. The Morgan fingerprint density at radius 1 is 1.00 bits per heavy atom. The van der Waals surface area contributed by atoms with E-state index in [0.29, 0.717) is 24.6 Å². The largest absolute Gasteiger partial charge is 0.483 e. The van der Waals surface area contributed by atoms with E-state index in [-0.39, 0.29) is 24.5 Å². The van der Waals surface area contributed by atoms with Gasteiger partial charge in [0.25, 0.3) is 5.91 Å². The monoisotopic (exact) mass is 590 g/mol. The van der Waals surface area contributed by atoms with Crippen LogP contribution < -0.4 is 10.1 Å². The molecule has 0 spiro atoms. The van der Waals surface area contributed by atoms with Gasteiger partial charge >= 0.3 is 0 Å². The quantitative estimate of drug-likeness (QED) is 0.262. The van der Waals surface area contributed by atoms with Crippen molar-refractivity contribution < 1.29 is 14.3 Å². The third kappa shape index (κ3) is 7.95. The summed E-state index contributed by atoms with van der Waals surface area (Å²) in [7, 11) is 0. The van der Waals surface area contributed by atoms with Gasteiger partial charge in [0.15, 0.2) is 6.61 Å². The van der Waals surface area contributed by atoms with Gasteiger partial charge in [-0.25, -0.2) is 0 Å². The van der Waals surface area contributed by atoms with E-state index in [2.05, 4.69) is 35.1 Å². The lowest BCUT2D eigenvalue weighted by molar-refractivity contribution is -0.143. The first-order valence-corrected chi connectivity index (χ1v) is 14.7. The minimum Gasteiger partial charge on any atom is -0.483 e. The molecule has 0 unspecified atom stereocenters. The Morgan fingerprint density at radius 3 is 2.36 bits per heavy atom. The maximum atomic E-state index is 13.9. The molecule has 206 valence electrons. The zero-order valence-electron chi connectivity index (χ0n) is 23.2. The number of carbonyl (C=O) groups excluding carboxylic acids is 2. The molecule has 1 fully saturated rings. The number of hydrogen-bond donors (Lipinski definition) is 1. The maximum absolute atomic E-state index is 13.9. The minimum atomic E-state index is -0.657. The molecule has 1 N–H and O–H groups in total. The molecule has 0 radical (unpaired) electrons. The first kappa shape index (κ1) is 28.9. The Kier molecular flexibility index (Phi) is 10.2. The summed E-state index contributed by atoms with van der Waals surface area (Å²) in [5.74, 6) is 0.674. The predicted molar refractivity (Wildman–Crippen MR) is 160 cm³/mol. The van der Waals surface area contributed by atoms with Gasteiger partial charge in [-0.05, 0) is 76.0 Å². The Hall–Kier alpha value is -3.12. The lowest BCUT2D eigenvalue weighted by atomic mass is 10.0. The summed E-state index contributed by atoms with van der Waals surface area (Å²) in [6, 6.07) is 23.4. The van der Waals surface area contributed by atoms with Gasteiger partial charge in [-0.3, -0.25) is 9.59 Å². The molecule has 3 aromatic rings. The van der Waals surface area contributed by atoms with Crippen LogP contribution in [0.1, 0.15) is 67.7 Å². The van der Waals surface area contributed by atoms with Crippen molar-refractivity contribution >= 4 is 27.7 Å². The highest BCUT2D eigenvalue weighted by molar-refractivity contribution is 9.10. The molecule has 5 nitrogen and oxygen atoms in total. The normalized spacial score (nSPS) is 14.3. The molecule has 1 aliphatic rings. The SMILES string of the molecule is Cc1ccccc1CN(C(=O)COc1ccc(C(C)C)cc1Br)[C@@H](Cc1ccccc1)C(=O)NC1CCCC1. The van der Waals surface area contributed by atoms with Gasteiger partial charge in [0.1, 0.15) is 11.8 Å². The number of hydrogen-bond acceptors (Lipinski definition) is 3. The van der Waals surface area contributed by atoms with E-state index in [4.69, 9.17) is 4.74 Å². The molecule has 4 rings (SSSR count). The zero-order valence-corrected chi connectivity index (χ0v) is 24.7. The standard InChI is InChI=1S/C33H39BrN2O3/c1-23(2)26-17-18-31(29(34)20-26)39-22-32(37)36(21-27-14-8-7-11-24(27)3)30(19-25-12-5-4-6-13-25)33(38)35-28-15-9-10-16-28/h4-8,11-14,17-18,20,23,28,30H,9-10,15-16,19,21-22H2,1-3H3,(H,35,38)/t30-/m0/s1. The number of benzene rings is 3. The van der Waals surface area contributed by atoms with E-state index in [1.807, 2.05) is 79.7 Å². The van der Waals surface area contributed by atoms with E-state index in [1.54, 1.807) is 4.90 Å². The number of amides is 2. The number of rotatable bonds is 11. The lowest BCUT2D eigenvalue weighted by Crippen LogP contribution is -2.53. The average molecular weight is 592 g/mol. The molecular weight excluding hydrogens is 552 g/mol. The van der Waals surface area contributed by atoms with Gasteiger partial charge in [0, 0.05) is 19.0 Å². The first-order valence-electron chi connectivity index (χ1n) is 13.9. The van der Waals surface area contributed by atoms with Crippen molar-refractivity contribution in [3.05, 3.63) is 99.5 Å². The van der Waals surface area contributed by atoms with Crippen molar-refractivity contribution in [2.75, 3.05) is 6.61 Å². The van der Waals surface area contributed by atoms with Crippen molar-refractivity contribution in [3.8, 4) is 5.75 Å². The summed E-state index contributed by atoms with van der Waals surface area (Å²) < 4.78 is 6.84. The van der Waals surface area contributed by atoms with Crippen LogP contribution in [0.5, 0.6) is 5.75 Å². The number of nitrogens with zero attached hydrogens (tertiary/aromatic N) is 1. The lowest BCUT2D eigenvalue weighted by Gasteiger charge is -2.32. The highest BCUT2D eigenvalue weighted by atomic mass is 79.9. The summed E-state index contributed by atoms with van der Waals surface area (Å²) in [5.41, 5.74) is 4.30. The highest BCUT2D eigenvalue weighted by Crippen LogP contribution is 2.29. The number of carbonyl (C=O) groups is 2. The molecule has 3 aromatic carbocycles. The van der Waals surface area contributed by atoms with Crippen LogP contribution in [0.3, 0.4) is 0 Å². The van der Waals surface area contributed by atoms with Gasteiger partial charge < -0.3 is 15.0 Å². The fourth-order valence-corrected chi connectivity index (χ4v) is 5.62. The second-order valence-electron chi connectivity index (χ2n) is 10.8. The van der Waals surface area contributed by atoms with Crippen LogP contribution in [0.15, 0.2) is 77.3 Å². The molecule has 6 heteroatoms. The van der Waals surface area contributed by atoms with E-state index in [0.717, 1.165) is 46.8 Å². The maximum Gasteiger partial charge on any atom is 0.261 e. The van der Waals surface area contributed by atoms with Crippen LogP contribution in [0.25, 0.3) is 0 Å².